The van der Waals surface area contributed by atoms with Crippen molar-refractivity contribution >= 4 is 22.7 Å². The van der Waals surface area contributed by atoms with Crippen LogP contribution in [0.25, 0.3) is 11.0 Å². The fourth-order valence-electron chi connectivity index (χ4n) is 2.12. The molecule has 0 saturated carbocycles. The molecule has 0 aliphatic rings. The minimum atomic E-state index is -0.822. The molecule has 0 amide bonds. The number of ether oxygens (including phenoxy) is 2. The Hall–Kier alpha value is -3.55. The van der Waals surface area contributed by atoms with Crippen LogP contribution in [0.4, 0.5) is 5.69 Å². The van der Waals surface area contributed by atoms with E-state index in [9.17, 15) is 14.9 Å². The third kappa shape index (κ3) is 2.98. The molecule has 0 atom stereocenters. The van der Waals surface area contributed by atoms with Gasteiger partial charge in [-0.15, -0.1) is 0 Å². The Kier molecular flexibility index (Phi) is 4.02. The van der Waals surface area contributed by atoms with Crippen LogP contribution < -0.4 is 4.74 Å². The van der Waals surface area contributed by atoms with Gasteiger partial charge in [0.1, 0.15) is 11.3 Å². The number of benzene rings is 2. The van der Waals surface area contributed by atoms with Gasteiger partial charge < -0.3 is 9.47 Å². The number of carbonyl (C=O) groups is 1. The van der Waals surface area contributed by atoms with Crippen LogP contribution in [0.1, 0.15) is 10.4 Å². The number of hydrogen-bond acceptors (Lipinski definition) is 7. The van der Waals surface area contributed by atoms with Crippen molar-refractivity contribution in [3.05, 3.63) is 64.3 Å². The predicted octanol–water partition coefficient (Wildman–Crippen LogP) is 3.12. The number of carbonyl (C=O) groups excluding carboxylic acids is 1. The first-order valence-corrected chi connectivity index (χ1v) is 6.85. The number of hydrogen-bond donors (Lipinski definition) is 0. The van der Waals surface area contributed by atoms with Gasteiger partial charge in [0.05, 0.1) is 29.3 Å². The van der Waals surface area contributed by atoms with Gasteiger partial charge in [-0.1, -0.05) is 12.1 Å². The molecule has 8 heteroatoms. The van der Waals surface area contributed by atoms with Gasteiger partial charge in [-0.2, -0.15) is 0 Å². The first kappa shape index (κ1) is 15.3. The Morgan fingerprint density at radius 2 is 1.92 bits per heavy atom. The average Bonchev–Trinajstić information content (AvgIpc) is 2.60. The molecule has 0 saturated heterocycles. The highest BCUT2D eigenvalue weighted by molar-refractivity contribution is 5.94. The van der Waals surface area contributed by atoms with E-state index in [0.717, 1.165) is 7.11 Å². The highest BCUT2D eigenvalue weighted by atomic mass is 16.6. The van der Waals surface area contributed by atoms with Gasteiger partial charge in [0.25, 0.3) is 5.69 Å². The molecular formula is C16H11N3O5. The van der Waals surface area contributed by atoms with Crippen LogP contribution in [0, 0.1) is 10.1 Å². The lowest BCUT2D eigenvalue weighted by atomic mass is 10.1. The van der Waals surface area contributed by atoms with E-state index in [1.54, 1.807) is 6.07 Å². The molecule has 0 radical (unpaired) electrons. The Morgan fingerprint density at radius 3 is 2.62 bits per heavy atom. The summed E-state index contributed by atoms with van der Waals surface area (Å²) in [6, 6.07) is 11.1. The largest absolute Gasteiger partial charge is 0.465 e. The fourth-order valence-corrected chi connectivity index (χ4v) is 2.12. The number of nitro benzene ring substituents is 1. The van der Waals surface area contributed by atoms with Gasteiger partial charge in [-0.3, -0.25) is 10.1 Å². The maximum atomic E-state index is 11.7. The molecular weight excluding hydrogens is 314 g/mol. The lowest BCUT2D eigenvalue weighted by Crippen LogP contribution is -2.06. The molecule has 3 aromatic rings. The molecule has 1 heterocycles. The summed E-state index contributed by atoms with van der Waals surface area (Å²) in [6.07, 6.45) is 1.43. The van der Waals surface area contributed by atoms with E-state index in [0.29, 0.717) is 11.0 Å². The highest BCUT2D eigenvalue weighted by Crippen LogP contribution is 2.27. The van der Waals surface area contributed by atoms with E-state index in [-0.39, 0.29) is 22.9 Å². The second kappa shape index (κ2) is 6.29. The van der Waals surface area contributed by atoms with Crippen molar-refractivity contribution in [2.24, 2.45) is 0 Å². The first-order chi connectivity index (χ1) is 11.6. The van der Waals surface area contributed by atoms with Gasteiger partial charge in [0, 0.05) is 12.1 Å². The Bertz CT molecular complexity index is 942. The highest BCUT2D eigenvalue weighted by Gasteiger charge is 2.22. The van der Waals surface area contributed by atoms with E-state index in [1.807, 2.05) is 18.2 Å². The van der Waals surface area contributed by atoms with Gasteiger partial charge in [-0.05, 0) is 18.2 Å². The number of nitrogens with zero attached hydrogens (tertiary/aromatic N) is 3. The minimum absolute atomic E-state index is 0.200. The zero-order valence-corrected chi connectivity index (χ0v) is 12.5. The molecule has 0 bridgehead atoms. The molecule has 0 aliphatic heterocycles. The smallest absolute Gasteiger partial charge is 0.345 e. The Labute approximate surface area is 135 Å². The summed E-state index contributed by atoms with van der Waals surface area (Å²) in [6.45, 7) is 0. The Morgan fingerprint density at radius 1 is 1.17 bits per heavy atom. The van der Waals surface area contributed by atoms with Crippen molar-refractivity contribution in [2.45, 2.75) is 0 Å². The maximum absolute atomic E-state index is 11.7. The number of para-hydroxylation sites is 2. The Balaban J connectivity index is 1.96. The molecule has 120 valence electrons. The third-order valence-electron chi connectivity index (χ3n) is 3.22. The number of aromatic nitrogens is 2. The molecule has 0 N–H and O–H groups in total. The molecule has 0 fully saturated rings. The number of methoxy groups -OCH3 is 1. The number of rotatable bonds is 4. The maximum Gasteiger partial charge on any atom is 0.345 e. The second-order valence-corrected chi connectivity index (χ2v) is 4.73. The normalized spacial score (nSPS) is 10.4. The number of fused-ring (bicyclic) bond motifs is 1. The summed E-state index contributed by atoms with van der Waals surface area (Å²) in [4.78, 5) is 30.5. The molecule has 0 aliphatic carbocycles. The quantitative estimate of drug-likeness (QED) is 0.412. The van der Waals surface area contributed by atoms with Crippen LogP contribution in [0.2, 0.25) is 0 Å². The van der Waals surface area contributed by atoms with E-state index in [2.05, 4.69) is 14.7 Å². The fraction of sp³-hybridized carbons (Fsp3) is 0.0625. The van der Waals surface area contributed by atoms with E-state index in [4.69, 9.17) is 4.74 Å². The average molecular weight is 325 g/mol. The van der Waals surface area contributed by atoms with Crippen molar-refractivity contribution in [3.63, 3.8) is 0 Å². The van der Waals surface area contributed by atoms with Crippen LogP contribution >= 0.6 is 0 Å². The summed E-state index contributed by atoms with van der Waals surface area (Å²) in [5.41, 5.74) is 0.793. The monoisotopic (exact) mass is 325 g/mol. The topological polar surface area (TPSA) is 104 Å². The standard InChI is InChI=1S/C16H11N3O5/c1-23-16(20)11-8-10(6-7-14(11)19(21)22)24-15-9-17-12-4-2-3-5-13(12)18-15/h2-9H,1H3. The predicted molar refractivity (Wildman–Crippen MR) is 84.0 cm³/mol. The summed E-state index contributed by atoms with van der Waals surface area (Å²) in [5, 5.41) is 11.0. The van der Waals surface area contributed by atoms with Crippen molar-refractivity contribution in [3.8, 4) is 11.6 Å². The van der Waals surface area contributed by atoms with Crippen LogP contribution in [0.15, 0.2) is 48.7 Å². The van der Waals surface area contributed by atoms with Gasteiger partial charge >= 0.3 is 5.97 Å². The second-order valence-electron chi connectivity index (χ2n) is 4.73. The SMILES string of the molecule is COC(=O)c1cc(Oc2cnc3ccccc3n2)ccc1[N+](=O)[O-]. The van der Waals surface area contributed by atoms with E-state index < -0.39 is 10.9 Å². The van der Waals surface area contributed by atoms with Gasteiger partial charge in [-0.25, -0.2) is 14.8 Å². The summed E-state index contributed by atoms with van der Waals surface area (Å²) < 4.78 is 10.1. The third-order valence-corrected chi connectivity index (χ3v) is 3.22. The van der Waals surface area contributed by atoms with Crippen molar-refractivity contribution in [1.29, 1.82) is 0 Å². The van der Waals surface area contributed by atoms with Gasteiger partial charge in [0.15, 0.2) is 0 Å². The van der Waals surface area contributed by atoms with Crippen molar-refractivity contribution in [2.75, 3.05) is 7.11 Å². The van der Waals surface area contributed by atoms with Crippen LogP contribution in [-0.4, -0.2) is 28.0 Å². The molecule has 8 nitrogen and oxygen atoms in total. The van der Waals surface area contributed by atoms with Gasteiger partial charge in [0.2, 0.25) is 5.88 Å². The first-order valence-electron chi connectivity index (χ1n) is 6.85. The molecule has 0 unspecified atom stereocenters. The molecule has 3 rings (SSSR count). The van der Waals surface area contributed by atoms with Crippen LogP contribution in [0.5, 0.6) is 11.6 Å². The number of nitro groups is 1. The van der Waals surface area contributed by atoms with Crippen LogP contribution in [0.3, 0.4) is 0 Å². The molecule has 1 aromatic heterocycles. The van der Waals surface area contributed by atoms with Crippen LogP contribution in [-0.2, 0) is 4.74 Å². The molecule has 0 spiro atoms. The zero-order valence-electron chi connectivity index (χ0n) is 12.5. The minimum Gasteiger partial charge on any atom is -0.465 e. The lowest BCUT2D eigenvalue weighted by molar-refractivity contribution is -0.385. The zero-order chi connectivity index (χ0) is 17.1. The van der Waals surface area contributed by atoms with Crippen molar-refractivity contribution < 1.29 is 19.2 Å². The lowest BCUT2D eigenvalue weighted by Gasteiger charge is -2.07. The summed E-state index contributed by atoms with van der Waals surface area (Å²) >= 11 is 0. The van der Waals surface area contributed by atoms with E-state index in [1.165, 1.54) is 24.4 Å². The molecule has 2 aromatic carbocycles. The van der Waals surface area contributed by atoms with Crippen molar-refractivity contribution in [1.82, 2.24) is 9.97 Å². The number of esters is 1. The van der Waals surface area contributed by atoms with E-state index >= 15 is 0 Å². The summed E-state index contributed by atoms with van der Waals surface area (Å²) in [7, 11) is 1.15. The summed E-state index contributed by atoms with van der Waals surface area (Å²) in [5.74, 6) is -0.402. The molecule has 24 heavy (non-hydrogen) atoms.